The van der Waals surface area contributed by atoms with E-state index in [9.17, 15) is 4.79 Å². The zero-order chi connectivity index (χ0) is 12.5. The Morgan fingerprint density at radius 1 is 1.59 bits per heavy atom. The summed E-state index contributed by atoms with van der Waals surface area (Å²) in [5.41, 5.74) is -0.942. The summed E-state index contributed by atoms with van der Waals surface area (Å²) in [7, 11) is 0. The van der Waals surface area contributed by atoms with Gasteiger partial charge >= 0.3 is 5.97 Å². The van der Waals surface area contributed by atoms with Crippen molar-refractivity contribution in [3.05, 3.63) is 6.20 Å². The molecule has 0 aromatic carbocycles. The number of aliphatic carboxylic acids is 1. The van der Waals surface area contributed by atoms with E-state index in [4.69, 9.17) is 5.11 Å². The number of carbonyl (C=O) groups is 1. The Hall–Kier alpha value is -1.90. The quantitative estimate of drug-likeness (QED) is 0.836. The van der Waals surface area contributed by atoms with Gasteiger partial charge in [-0.3, -0.25) is 4.79 Å². The smallest absolute Gasteiger partial charge is 0.310 e. The van der Waals surface area contributed by atoms with Crippen LogP contribution in [0, 0.1) is 5.41 Å². The van der Waals surface area contributed by atoms with Crippen molar-refractivity contribution in [2.24, 2.45) is 5.41 Å². The van der Waals surface area contributed by atoms with Crippen molar-refractivity contribution in [2.75, 3.05) is 0 Å². The molecule has 2 aromatic rings. The van der Waals surface area contributed by atoms with E-state index in [0.717, 1.165) is 11.5 Å². The number of carboxylic acid groups (broad SMARTS) is 1. The first-order valence-electron chi connectivity index (χ1n) is 4.78. The molecule has 0 atom stereocenters. The average molecular weight is 254 g/mol. The molecule has 2 aromatic heterocycles. The van der Waals surface area contributed by atoms with Gasteiger partial charge in [0.25, 0.3) is 0 Å². The fourth-order valence-electron chi connectivity index (χ4n) is 1.20. The van der Waals surface area contributed by atoms with Gasteiger partial charge in [0.2, 0.25) is 0 Å². The molecule has 0 unspecified atom stereocenters. The van der Waals surface area contributed by atoms with Crippen LogP contribution < -0.4 is 0 Å². The monoisotopic (exact) mass is 254 g/mol. The Morgan fingerprint density at radius 3 is 2.94 bits per heavy atom. The third kappa shape index (κ3) is 2.28. The molecule has 0 saturated heterocycles. The summed E-state index contributed by atoms with van der Waals surface area (Å²) < 4.78 is 5.17. The van der Waals surface area contributed by atoms with E-state index in [1.165, 1.54) is 4.68 Å². The molecule has 90 valence electrons. The number of carboxylic acids is 1. The molecule has 2 rings (SSSR count). The van der Waals surface area contributed by atoms with Gasteiger partial charge in [-0.2, -0.15) is 0 Å². The van der Waals surface area contributed by atoms with Crippen LogP contribution in [-0.2, 0) is 11.3 Å². The van der Waals surface area contributed by atoms with Crippen LogP contribution in [0.2, 0.25) is 0 Å². The Morgan fingerprint density at radius 2 is 2.35 bits per heavy atom. The van der Waals surface area contributed by atoms with Crippen LogP contribution in [0.4, 0.5) is 0 Å². The lowest BCUT2D eigenvalue weighted by Crippen LogP contribution is -2.30. The molecule has 1 N–H and O–H groups in total. The summed E-state index contributed by atoms with van der Waals surface area (Å²) in [6.07, 6.45) is 1.54. The summed E-state index contributed by atoms with van der Waals surface area (Å²) in [5.74, 6) is -0.421. The van der Waals surface area contributed by atoms with E-state index in [2.05, 4.69) is 25.1 Å². The zero-order valence-corrected chi connectivity index (χ0v) is 10.0. The highest BCUT2D eigenvalue weighted by Crippen LogP contribution is 2.23. The Balaban J connectivity index is 2.30. The maximum atomic E-state index is 11.0. The molecule has 0 radical (unpaired) electrons. The van der Waals surface area contributed by atoms with E-state index in [-0.39, 0.29) is 6.54 Å². The molecule has 0 aliphatic carbocycles. The van der Waals surface area contributed by atoms with Crippen molar-refractivity contribution in [2.45, 2.75) is 20.4 Å². The minimum Gasteiger partial charge on any atom is -0.481 e. The Bertz CT molecular complexity index is 520. The standard InChI is InChI=1S/C8H10N6O2S/c1-8(2,7(15)16)4-14-6(10-11-12-14)5-3-9-13-17-5/h3H,4H2,1-2H3,(H,15,16). The normalized spacial score (nSPS) is 11.6. The maximum absolute atomic E-state index is 11.0. The number of rotatable bonds is 4. The molecule has 8 nitrogen and oxygen atoms in total. The van der Waals surface area contributed by atoms with Gasteiger partial charge in [0.1, 0.15) is 4.88 Å². The maximum Gasteiger partial charge on any atom is 0.310 e. The molecule has 0 fully saturated rings. The summed E-state index contributed by atoms with van der Waals surface area (Å²) in [6.45, 7) is 3.42. The van der Waals surface area contributed by atoms with Crippen molar-refractivity contribution in [1.29, 1.82) is 0 Å². The summed E-state index contributed by atoms with van der Waals surface area (Å²) in [5, 5.41) is 23.9. The first kappa shape index (κ1) is 11.6. The molecule has 0 amide bonds. The van der Waals surface area contributed by atoms with Crippen molar-refractivity contribution in [3.8, 4) is 10.7 Å². The van der Waals surface area contributed by atoms with Crippen LogP contribution in [-0.4, -0.2) is 40.9 Å². The van der Waals surface area contributed by atoms with Crippen molar-refractivity contribution >= 4 is 17.5 Å². The number of aromatic nitrogens is 6. The highest BCUT2D eigenvalue weighted by Gasteiger charge is 2.29. The van der Waals surface area contributed by atoms with Crippen LogP contribution in [0.3, 0.4) is 0 Å². The van der Waals surface area contributed by atoms with Gasteiger partial charge in [-0.05, 0) is 35.8 Å². The Labute approximate surface area is 100 Å². The number of nitrogens with zero attached hydrogens (tertiary/aromatic N) is 6. The van der Waals surface area contributed by atoms with Crippen molar-refractivity contribution in [1.82, 2.24) is 29.8 Å². The van der Waals surface area contributed by atoms with Gasteiger partial charge in [-0.25, -0.2) is 4.68 Å². The van der Waals surface area contributed by atoms with Crippen LogP contribution in [0.5, 0.6) is 0 Å². The number of tetrazole rings is 1. The lowest BCUT2D eigenvalue weighted by Gasteiger charge is -2.18. The Kier molecular flexibility index (Phi) is 2.84. The third-order valence-electron chi connectivity index (χ3n) is 2.24. The second-order valence-electron chi connectivity index (χ2n) is 4.13. The molecule has 9 heteroatoms. The highest BCUT2D eigenvalue weighted by molar-refractivity contribution is 7.09. The number of hydrogen-bond donors (Lipinski definition) is 1. The molecule has 17 heavy (non-hydrogen) atoms. The second kappa shape index (κ2) is 4.17. The summed E-state index contributed by atoms with van der Waals surface area (Å²) in [4.78, 5) is 11.7. The average Bonchev–Trinajstić information content (AvgIpc) is 2.85. The molecular weight excluding hydrogens is 244 g/mol. The fraction of sp³-hybridized carbons (Fsp3) is 0.500. The molecule has 0 saturated carbocycles. The van der Waals surface area contributed by atoms with E-state index in [1.54, 1.807) is 20.0 Å². The molecule has 0 bridgehead atoms. The van der Waals surface area contributed by atoms with Crippen molar-refractivity contribution in [3.63, 3.8) is 0 Å². The largest absolute Gasteiger partial charge is 0.481 e. The minimum atomic E-state index is -0.942. The molecular formula is C8H10N6O2S. The molecule has 0 aliphatic rings. The van der Waals surface area contributed by atoms with Crippen LogP contribution >= 0.6 is 11.5 Å². The first-order chi connectivity index (χ1) is 8.00. The molecule has 2 heterocycles. The van der Waals surface area contributed by atoms with E-state index in [1.807, 2.05) is 0 Å². The third-order valence-corrected chi connectivity index (χ3v) is 2.90. The minimum absolute atomic E-state index is 0.183. The van der Waals surface area contributed by atoms with Crippen LogP contribution in [0.15, 0.2) is 6.20 Å². The van der Waals surface area contributed by atoms with Crippen LogP contribution in [0.25, 0.3) is 10.7 Å². The second-order valence-corrected chi connectivity index (χ2v) is 4.92. The zero-order valence-electron chi connectivity index (χ0n) is 9.23. The predicted molar refractivity (Wildman–Crippen MR) is 58.1 cm³/mol. The first-order valence-corrected chi connectivity index (χ1v) is 5.55. The summed E-state index contributed by atoms with van der Waals surface area (Å²) in [6, 6.07) is 0. The van der Waals surface area contributed by atoms with E-state index < -0.39 is 11.4 Å². The molecule has 0 spiro atoms. The lowest BCUT2D eigenvalue weighted by atomic mass is 9.94. The molecule has 0 aliphatic heterocycles. The highest BCUT2D eigenvalue weighted by atomic mass is 32.1. The predicted octanol–water partition coefficient (Wildman–Crippen LogP) is 0.302. The van der Waals surface area contributed by atoms with Crippen molar-refractivity contribution < 1.29 is 9.90 Å². The van der Waals surface area contributed by atoms with Gasteiger partial charge in [0.05, 0.1) is 18.2 Å². The van der Waals surface area contributed by atoms with Gasteiger partial charge in [0.15, 0.2) is 5.82 Å². The topological polar surface area (TPSA) is 107 Å². The fourth-order valence-corrected chi connectivity index (χ4v) is 1.70. The van der Waals surface area contributed by atoms with E-state index >= 15 is 0 Å². The van der Waals surface area contributed by atoms with Gasteiger partial charge in [-0.15, -0.1) is 10.2 Å². The SMILES string of the molecule is CC(C)(Cn1nnnc1-c1cnns1)C(=O)O. The number of hydrogen-bond acceptors (Lipinski definition) is 7. The van der Waals surface area contributed by atoms with E-state index in [0.29, 0.717) is 10.7 Å². The lowest BCUT2D eigenvalue weighted by molar-refractivity contribution is -0.147. The van der Waals surface area contributed by atoms with Gasteiger partial charge < -0.3 is 5.11 Å². The van der Waals surface area contributed by atoms with Gasteiger partial charge in [-0.1, -0.05) is 4.49 Å². The van der Waals surface area contributed by atoms with Crippen LogP contribution in [0.1, 0.15) is 13.8 Å². The summed E-state index contributed by atoms with van der Waals surface area (Å²) >= 11 is 1.16. The van der Waals surface area contributed by atoms with Gasteiger partial charge in [0, 0.05) is 0 Å².